The molecule has 150 valence electrons. The molecule has 0 bridgehead atoms. The van der Waals surface area contributed by atoms with Gasteiger partial charge in [0.1, 0.15) is 6.33 Å². The first-order chi connectivity index (χ1) is 13.5. The number of tetrazole rings is 1. The van der Waals surface area contributed by atoms with E-state index in [1.165, 1.54) is 11.0 Å². The Kier molecular flexibility index (Phi) is 6.61. The van der Waals surface area contributed by atoms with E-state index in [4.69, 9.17) is 16.3 Å². The zero-order valence-electron chi connectivity index (χ0n) is 15.9. The summed E-state index contributed by atoms with van der Waals surface area (Å²) in [4.78, 5) is 27.1. The molecular weight excluding hydrogens is 382 g/mol. The lowest BCUT2D eigenvalue weighted by Gasteiger charge is -2.40. The predicted octanol–water partition coefficient (Wildman–Crippen LogP) is 2.13. The van der Waals surface area contributed by atoms with Gasteiger partial charge in [0.15, 0.2) is 0 Å². The number of aryl methyl sites for hydroxylation is 1. The molecule has 28 heavy (non-hydrogen) atoms. The van der Waals surface area contributed by atoms with Crippen molar-refractivity contribution in [3.05, 3.63) is 41.2 Å². The first-order valence-electron chi connectivity index (χ1n) is 9.43. The van der Waals surface area contributed by atoms with Gasteiger partial charge in [-0.25, -0.2) is 4.68 Å². The summed E-state index contributed by atoms with van der Waals surface area (Å²) in [6, 6.07) is 7.55. The zero-order chi connectivity index (χ0) is 20.0. The van der Waals surface area contributed by atoms with Crippen LogP contribution in [-0.4, -0.2) is 56.7 Å². The number of ether oxygens (including phenoxy) is 1. The minimum atomic E-state index is -0.659. The molecule has 0 saturated carbocycles. The maximum Gasteiger partial charge on any atom is 0.312 e. The maximum atomic E-state index is 12.8. The fourth-order valence-corrected chi connectivity index (χ4v) is 3.78. The van der Waals surface area contributed by atoms with Crippen molar-refractivity contribution in [3.63, 3.8) is 0 Å². The van der Waals surface area contributed by atoms with Gasteiger partial charge < -0.3 is 9.64 Å². The van der Waals surface area contributed by atoms with E-state index in [9.17, 15) is 9.59 Å². The maximum absolute atomic E-state index is 12.8. The first-order valence-corrected chi connectivity index (χ1v) is 9.81. The molecule has 1 aromatic heterocycles. The second kappa shape index (κ2) is 9.14. The molecule has 1 fully saturated rings. The second-order valence-corrected chi connectivity index (χ2v) is 7.38. The molecule has 2 aromatic rings. The Morgan fingerprint density at radius 1 is 1.25 bits per heavy atom. The van der Waals surface area contributed by atoms with Crippen molar-refractivity contribution in [2.75, 3.05) is 19.7 Å². The number of rotatable bonds is 7. The Labute approximate surface area is 168 Å². The quantitative estimate of drug-likeness (QED) is 0.655. The predicted molar refractivity (Wildman–Crippen MR) is 102 cm³/mol. The molecule has 2 heterocycles. The number of likely N-dealkylation sites (tertiary alicyclic amines) is 1. The topological polar surface area (TPSA) is 90.2 Å². The van der Waals surface area contributed by atoms with Crippen LogP contribution in [0.3, 0.4) is 0 Å². The summed E-state index contributed by atoms with van der Waals surface area (Å²) >= 11 is 6.32. The number of nitrogens with zero attached hydrogens (tertiary/aromatic N) is 5. The Hall–Kier alpha value is -2.48. The van der Waals surface area contributed by atoms with Crippen molar-refractivity contribution in [1.29, 1.82) is 0 Å². The van der Waals surface area contributed by atoms with Crippen LogP contribution in [0, 0.1) is 5.41 Å². The average molecular weight is 406 g/mol. The Morgan fingerprint density at radius 3 is 2.64 bits per heavy atom. The summed E-state index contributed by atoms with van der Waals surface area (Å²) in [6.07, 6.45) is 3.42. The summed E-state index contributed by atoms with van der Waals surface area (Å²) in [6.45, 7) is 3.59. The van der Waals surface area contributed by atoms with Gasteiger partial charge in [-0.1, -0.05) is 29.8 Å². The van der Waals surface area contributed by atoms with Crippen molar-refractivity contribution in [1.82, 2.24) is 25.1 Å². The molecule has 9 heteroatoms. The van der Waals surface area contributed by atoms with Gasteiger partial charge in [0.2, 0.25) is 5.91 Å². The number of carbonyl (C=O) groups is 2. The van der Waals surface area contributed by atoms with E-state index in [0.29, 0.717) is 56.9 Å². The number of amides is 1. The summed E-state index contributed by atoms with van der Waals surface area (Å²) in [5.74, 6) is -0.179. The molecule has 0 radical (unpaired) electrons. The van der Waals surface area contributed by atoms with Gasteiger partial charge in [-0.05, 0) is 48.2 Å². The molecule has 1 aromatic carbocycles. The summed E-state index contributed by atoms with van der Waals surface area (Å²) in [7, 11) is 0. The number of aromatic nitrogens is 4. The third-order valence-electron chi connectivity index (χ3n) is 5.21. The molecule has 3 rings (SSSR count). The summed E-state index contributed by atoms with van der Waals surface area (Å²) in [5, 5.41) is 11.5. The van der Waals surface area contributed by atoms with Crippen molar-refractivity contribution in [2.24, 2.45) is 5.41 Å². The van der Waals surface area contributed by atoms with Crippen LogP contribution in [0.15, 0.2) is 30.6 Å². The van der Waals surface area contributed by atoms with Gasteiger partial charge in [-0.2, -0.15) is 0 Å². The van der Waals surface area contributed by atoms with Gasteiger partial charge in [0, 0.05) is 24.5 Å². The van der Waals surface area contributed by atoms with E-state index in [0.717, 1.165) is 5.56 Å². The molecule has 0 unspecified atom stereocenters. The number of piperidine rings is 1. The van der Waals surface area contributed by atoms with E-state index < -0.39 is 5.41 Å². The number of halogens is 1. The minimum absolute atomic E-state index is 0.0331. The molecule has 8 nitrogen and oxygen atoms in total. The summed E-state index contributed by atoms with van der Waals surface area (Å²) < 4.78 is 6.91. The van der Waals surface area contributed by atoms with Gasteiger partial charge in [-0.15, -0.1) is 5.10 Å². The molecule has 1 aliphatic rings. The highest BCUT2D eigenvalue weighted by atomic mass is 35.5. The largest absolute Gasteiger partial charge is 0.466 e. The highest BCUT2D eigenvalue weighted by Crippen LogP contribution is 2.38. The third kappa shape index (κ3) is 4.67. The molecule has 0 aliphatic carbocycles. The summed E-state index contributed by atoms with van der Waals surface area (Å²) in [5.41, 5.74) is 0.267. The lowest BCUT2D eigenvalue weighted by atomic mass is 9.73. The van der Waals surface area contributed by atoms with Crippen LogP contribution < -0.4 is 0 Å². The highest BCUT2D eigenvalue weighted by Gasteiger charge is 2.43. The van der Waals surface area contributed by atoms with E-state index in [1.54, 1.807) is 11.8 Å². The first kappa shape index (κ1) is 20.3. The fraction of sp³-hybridized carbons (Fsp3) is 0.526. The number of esters is 1. The molecule has 0 atom stereocenters. The monoisotopic (exact) mass is 405 g/mol. The molecular formula is C19H24ClN5O3. The fourth-order valence-electron chi connectivity index (χ4n) is 3.58. The van der Waals surface area contributed by atoms with Crippen molar-refractivity contribution in [3.8, 4) is 0 Å². The van der Waals surface area contributed by atoms with Crippen LogP contribution in [0.1, 0.15) is 31.7 Å². The zero-order valence-corrected chi connectivity index (χ0v) is 16.6. The molecule has 1 amide bonds. The van der Waals surface area contributed by atoms with Crippen LogP contribution in [-0.2, 0) is 27.3 Å². The number of benzene rings is 1. The number of carbonyl (C=O) groups excluding carboxylic acids is 2. The van der Waals surface area contributed by atoms with E-state index >= 15 is 0 Å². The van der Waals surface area contributed by atoms with Gasteiger partial charge in [-0.3, -0.25) is 9.59 Å². The van der Waals surface area contributed by atoms with Crippen LogP contribution in [0.5, 0.6) is 0 Å². The lowest BCUT2D eigenvalue weighted by Crippen LogP contribution is -2.48. The Morgan fingerprint density at radius 2 is 2.00 bits per heavy atom. The smallest absolute Gasteiger partial charge is 0.312 e. The van der Waals surface area contributed by atoms with Gasteiger partial charge in [0.05, 0.1) is 18.6 Å². The van der Waals surface area contributed by atoms with E-state index in [1.807, 2.05) is 24.3 Å². The van der Waals surface area contributed by atoms with Crippen LogP contribution in [0.25, 0.3) is 0 Å². The van der Waals surface area contributed by atoms with Gasteiger partial charge in [0.25, 0.3) is 0 Å². The number of hydrogen-bond acceptors (Lipinski definition) is 6. The average Bonchev–Trinajstić information content (AvgIpc) is 3.22. The second-order valence-electron chi connectivity index (χ2n) is 6.97. The molecule has 0 N–H and O–H groups in total. The SMILES string of the molecule is CCOC(=O)C1(Cc2ccccc2Cl)CCN(C(=O)CCn2cnnn2)CC1. The van der Waals surface area contributed by atoms with Gasteiger partial charge >= 0.3 is 5.97 Å². The van der Waals surface area contributed by atoms with Crippen molar-refractivity contribution < 1.29 is 14.3 Å². The highest BCUT2D eigenvalue weighted by molar-refractivity contribution is 6.31. The number of hydrogen-bond donors (Lipinski definition) is 0. The van der Waals surface area contributed by atoms with Crippen LogP contribution in [0.4, 0.5) is 0 Å². The third-order valence-corrected chi connectivity index (χ3v) is 5.58. The molecule has 0 spiro atoms. The van der Waals surface area contributed by atoms with Crippen molar-refractivity contribution in [2.45, 2.75) is 39.2 Å². The van der Waals surface area contributed by atoms with Crippen LogP contribution >= 0.6 is 11.6 Å². The van der Waals surface area contributed by atoms with E-state index in [2.05, 4.69) is 15.5 Å². The van der Waals surface area contributed by atoms with Crippen molar-refractivity contribution >= 4 is 23.5 Å². The Balaban J connectivity index is 1.65. The molecule has 1 saturated heterocycles. The Bertz CT molecular complexity index is 804. The lowest BCUT2D eigenvalue weighted by molar-refractivity contribution is -0.160. The standard InChI is InChI=1S/C19H24ClN5O3/c1-2-28-18(27)19(13-15-5-3-4-6-16(15)20)8-11-24(12-9-19)17(26)7-10-25-14-21-22-23-25/h3-6,14H,2,7-13H2,1H3. The van der Waals surface area contributed by atoms with E-state index in [-0.39, 0.29) is 11.9 Å². The normalized spacial score (nSPS) is 16.0. The van der Waals surface area contributed by atoms with Crippen LogP contribution in [0.2, 0.25) is 5.02 Å². The molecule has 1 aliphatic heterocycles. The minimum Gasteiger partial charge on any atom is -0.466 e.